The molecule has 0 unspecified atom stereocenters. The fourth-order valence-electron chi connectivity index (χ4n) is 2.31. The first-order valence-corrected chi connectivity index (χ1v) is 8.05. The first kappa shape index (κ1) is 18.2. The molecule has 0 saturated carbocycles. The van der Waals surface area contributed by atoms with Crippen LogP contribution in [-0.4, -0.2) is 24.9 Å². The number of ether oxygens (including phenoxy) is 2. The number of aliphatic hydroxyl groups is 1. The number of aliphatic hydroxyl groups excluding tert-OH is 1. The minimum atomic E-state index is -0.285. The third-order valence-corrected chi connectivity index (χ3v) is 3.88. The lowest BCUT2D eigenvalue weighted by molar-refractivity contribution is 0.238. The molecule has 1 atom stereocenters. The van der Waals surface area contributed by atoms with Gasteiger partial charge in [-0.2, -0.15) is 0 Å². The van der Waals surface area contributed by atoms with Gasteiger partial charge in [0, 0.05) is 18.2 Å². The van der Waals surface area contributed by atoms with Crippen LogP contribution in [0, 0.1) is 5.82 Å². The van der Waals surface area contributed by atoms with Crippen molar-refractivity contribution < 1.29 is 19.0 Å². The fourth-order valence-corrected chi connectivity index (χ4v) is 2.31. The zero-order valence-electron chi connectivity index (χ0n) is 14.1. The summed E-state index contributed by atoms with van der Waals surface area (Å²) in [5.41, 5.74) is 1.52. The molecule has 2 aromatic carbocycles. The zero-order chi connectivity index (χ0) is 17.4. The van der Waals surface area contributed by atoms with Crippen molar-refractivity contribution in [3.8, 4) is 11.5 Å². The quantitative estimate of drug-likeness (QED) is 0.739. The van der Waals surface area contributed by atoms with Crippen LogP contribution in [0.5, 0.6) is 11.5 Å². The summed E-state index contributed by atoms with van der Waals surface area (Å²) in [6.45, 7) is 2.90. The summed E-state index contributed by atoms with van der Waals surface area (Å²) in [4.78, 5) is 0. The molecule has 0 aliphatic rings. The van der Waals surface area contributed by atoms with Gasteiger partial charge in [-0.15, -0.1) is 0 Å². The van der Waals surface area contributed by atoms with Crippen molar-refractivity contribution in [3.05, 3.63) is 59.4 Å². The normalized spacial score (nSPS) is 12.0. The van der Waals surface area contributed by atoms with Crippen LogP contribution < -0.4 is 14.8 Å². The lowest BCUT2D eigenvalue weighted by Crippen LogP contribution is -2.31. The second-order valence-electron chi connectivity index (χ2n) is 5.53. The Morgan fingerprint density at radius 1 is 1.17 bits per heavy atom. The molecule has 0 radical (unpaired) electrons. The molecule has 0 bridgehead atoms. The van der Waals surface area contributed by atoms with Gasteiger partial charge in [-0.1, -0.05) is 31.2 Å². The van der Waals surface area contributed by atoms with Crippen LogP contribution in [0.3, 0.4) is 0 Å². The Labute approximate surface area is 142 Å². The van der Waals surface area contributed by atoms with Gasteiger partial charge in [0.2, 0.25) is 0 Å². The smallest absolute Gasteiger partial charge is 0.161 e. The summed E-state index contributed by atoms with van der Waals surface area (Å²) in [6.07, 6.45) is 0.859. The highest BCUT2D eigenvalue weighted by Gasteiger charge is 2.09. The van der Waals surface area contributed by atoms with E-state index in [2.05, 4.69) is 5.32 Å². The van der Waals surface area contributed by atoms with Crippen LogP contribution in [0.1, 0.15) is 24.5 Å². The molecule has 0 saturated heterocycles. The number of rotatable bonds is 9. The maximum absolute atomic E-state index is 13.6. The average Bonchev–Trinajstić information content (AvgIpc) is 2.62. The molecule has 5 heteroatoms. The number of methoxy groups -OCH3 is 1. The van der Waals surface area contributed by atoms with Crippen LogP contribution >= 0.6 is 0 Å². The van der Waals surface area contributed by atoms with Gasteiger partial charge in [-0.25, -0.2) is 4.39 Å². The van der Waals surface area contributed by atoms with Crippen LogP contribution in [-0.2, 0) is 13.2 Å². The van der Waals surface area contributed by atoms with Gasteiger partial charge in [0.25, 0.3) is 0 Å². The summed E-state index contributed by atoms with van der Waals surface area (Å²) < 4.78 is 24.7. The summed E-state index contributed by atoms with van der Waals surface area (Å²) in [5, 5.41) is 12.5. The van der Waals surface area contributed by atoms with Crippen LogP contribution in [0.4, 0.5) is 4.39 Å². The fraction of sp³-hybridized carbons (Fsp3) is 0.368. The summed E-state index contributed by atoms with van der Waals surface area (Å²) in [6, 6.07) is 12.2. The molecule has 0 heterocycles. The Bertz CT molecular complexity index is 644. The number of hydrogen-bond acceptors (Lipinski definition) is 4. The van der Waals surface area contributed by atoms with Crippen LogP contribution in [0.2, 0.25) is 0 Å². The van der Waals surface area contributed by atoms with E-state index in [0.29, 0.717) is 23.6 Å². The maximum atomic E-state index is 13.6. The highest BCUT2D eigenvalue weighted by Crippen LogP contribution is 2.29. The first-order chi connectivity index (χ1) is 11.7. The minimum Gasteiger partial charge on any atom is -0.493 e. The van der Waals surface area contributed by atoms with Crippen molar-refractivity contribution in [1.82, 2.24) is 5.32 Å². The van der Waals surface area contributed by atoms with Gasteiger partial charge >= 0.3 is 0 Å². The monoisotopic (exact) mass is 333 g/mol. The van der Waals surface area contributed by atoms with E-state index >= 15 is 0 Å². The number of halogens is 1. The second-order valence-corrected chi connectivity index (χ2v) is 5.53. The van der Waals surface area contributed by atoms with E-state index in [9.17, 15) is 9.50 Å². The van der Waals surface area contributed by atoms with Crippen LogP contribution in [0.15, 0.2) is 42.5 Å². The molecule has 2 N–H and O–H groups in total. The van der Waals surface area contributed by atoms with E-state index in [1.807, 2.05) is 25.1 Å². The molecular formula is C19H24FNO3. The van der Waals surface area contributed by atoms with E-state index in [0.717, 1.165) is 12.0 Å². The molecule has 24 heavy (non-hydrogen) atoms. The largest absolute Gasteiger partial charge is 0.493 e. The van der Waals surface area contributed by atoms with E-state index in [1.54, 1.807) is 25.3 Å². The van der Waals surface area contributed by atoms with Crippen molar-refractivity contribution in [2.24, 2.45) is 0 Å². The molecule has 0 fully saturated rings. The van der Waals surface area contributed by atoms with Crippen LogP contribution in [0.25, 0.3) is 0 Å². The van der Waals surface area contributed by atoms with E-state index in [-0.39, 0.29) is 25.1 Å². The van der Waals surface area contributed by atoms with Gasteiger partial charge in [-0.3, -0.25) is 0 Å². The molecule has 4 nitrogen and oxygen atoms in total. The van der Waals surface area contributed by atoms with Crippen molar-refractivity contribution in [3.63, 3.8) is 0 Å². The van der Waals surface area contributed by atoms with E-state index in [1.165, 1.54) is 6.07 Å². The molecule has 2 rings (SSSR count). The Balaban J connectivity index is 2.02. The van der Waals surface area contributed by atoms with Gasteiger partial charge in [0.05, 0.1) is 13.7 Å². The lowest BCUT2D eigenvalue weighted by Gasteiger charge is -2.16. The third kappa shape index (κ3) is 4.94. The van der Waals surface area contributed by atoms with E-state index in [4.69, 9.17) is 9.47 Å². The average molecular weight is 333 g/mol. The molecule has 130 valence electrons. The second kappa shape index (κ2) is 9.25. The minimum absolute atomic E-state index is 0.0768. The number of benzene rings is 2. The maximum Gasteiger partial charge on any atom is 0.161 e. The molecule has 0 aliphatic heterocycles. The predicted molar refractivity (Wildman–Crippen MR) is 91.7 cm³/mol. The Kier molecular flexibility index (Phi) is 7.03. The molecule has 0 amide bonds. The highest BCUT2D eigenvalue weighted by atomic mass is 19.1. The molecule has 0 aromatic heterocycles. The van der Waals surface area contributed by atoms with Crippen molar-refractivity contribution in [1.29, 1.82) is 0 Å². The van der Waals surface area contributed by atoms with E-state index < -0.39 is 0 Å². The van der Waals surface area contributed by atoms with Crippen molar-refractivity contribution >= 4 is 0 Å². The van der Waals surface area contributed by atoms with Gasteiger partial charge in [-0.05, 0) is 30.2 Å². The lowest BCUT2D eigenvalue weighted by atomic mass is 10.1. The zero-order valence-corrected chi connectivity index (χ0v) is 14.1. The Hall–Kier alpha value is -2.11. The Morgan fingerprint density at radius 2 is 1.96 bits per heavy atom. The Morgan fingerprint density at radius 3 is 2.62 bits per heavy atom. The topological polar surface area (TPSA) is 50.7 Å². The number of hydrogen-bond donors (Lipinski definition) is 2. The van der Waals surface area contributed by atoms with Crippen molar-refractivity contribution in [2.45, 2.75) is 32.5 Å². The van der Waals surface area contributed by atoms with Gasteiger partial charge in [0.1, 0.15) is 12.4 Å². The highest BCUT2D eigenvalue weighted by molar-refractivity contribution is 5.43. The molecule has 2 aromatic rings. The molecular weight excluding hydrogens is 309 g/mol. The SMILES string of the molecule is CC[C@@H](CO)NCc1ccc(OCc2ccccc2F)c(OC)c1. The van der Waals surface area contributed by atoms with Crippen molar-refractivity contribution in [2.75, 3.05) is 13.7 Å². The summed E-state index contributed by atoms with van der Waals surface area (Å²) in [5.74, 6) is 0.883. The summed E-state index contributed by atoms with van der Waals surface area (Å²) >= 11 is 0. The molecule has 0 spiro atoms. The van der Waals surface area contributed by atoms with Gasteiger partial charge in [0.15, 0.2) is 11.5 Å². The van der Waals surface area contributed by atoms with Gasteiger partial charge < -0.3 is 19.9 Å². The predicted octanol–water partition coefficient (Wildman–Crippen LogP) is 3.27. The summed E-state index contributed by atoms with van der Waals surface area (Å²) in [7, 11) is 1.57. The standard InChI is InChI=1S/C19H24FNO3/c1-3-16(12-22)21-11-14-8-9-18(19(10-14)23-2)24-13-15-6-4-5-7-17(15)20/h4-10,16,21-22H,3,11-13H2,1-2H3/t16-/m0/s1. The first-order valence-electron chi connectivity index (χ1n) is 8.05. The number of nitrogens with one attached hydrogen (secondary N) is 1. The third-order valence-electron chi connectivity index (χ3n) is 3.88. The molecule has 0 aliphatic carbocycles.